The molecular weight excluding hydrogens is 315 g/mol. The minimum absolute atomic E-state index is 0.0601. The van der Waals surface area contributed by atoms with Crippen molar-refractivity contribution in [2.75, 3.05) is 7.11 Å². The van der Waals surface area contributed by atoms with Gasteiger partial charge in [-0.25, -0.2) is 9.59 Å². The lowest BCUT2D eigenvalue weighted by Gasteiger charge is -2.21. The molecule has 0 saturated heterocycles. The predicted molar refractivity (Wildman–Crippen MR) is 75.4 cm³/mol. The summed E-state index contributed by atoms with van der Waals surface area (Å²) in [5, 5.41) is 2.11. The number of ether oxygens (including phenoxy) is 2. The van der Waals surface area contributed by atoms with Gasteiger partial charge in [-0.1, -0.05) is 37.3 Å². The van der Waals surface area contributed by atoms with Crippen LogP contribution >= 0.6 is 0 Å². The quantitative estimate of drug-likeness (QED) is 0.813. The van der Waals surface area contributed by atoms with Gasteiger partial charge in [0, 0.05) is 0 Å². The average Bonchev–Trinajstić information content (AvgIpc) is 2.51. The first kappa shape index (κ1) is 18.8. The van der Waals surface area contributed by atoms with Crippen LogP contribution in [-0.2, 0) is 20.9 Å². The molecule has 0 fully saturated rings. The Morgan fingerprint density at radius 3 is 2.35 bits per heavy atom. The Morgan fingerprint density at radius 2 is 1.83 bits per heavy atom. The zero-order valence-electron chi connectivity index (χ0n) is 12.7. The van der Waals surface area contributed by atoms with Gasteiger partial charge in [0.2, 0.25) is 0 Å². The molecule has 8 heteroatoms. The van der Waals surface area contributed by atoms with Crippen molar-refractivity contribution in [1.82, 2.24) is 5.32 Å². The smallest absolute Gasteiger partial charge is 0.408 e. The lowest BCUT2D eigenvalue weighted by Crippen LogP contribution is -2.44. The van der Waals surface area contributed by atoms with E-state index in [2.05, 4.69) is 10.1 Å². The highest BCUT2D eigenvalue weighted by Gasteiger charge is 2.39. The van der Waals surface area contributed by atoms with Gasteiger partial charge in [-0.15, -0.1) is 0 Å². The monoisotopic (exact) mass is 333 g/mol. The van der Waals surface area contributed by atoms with Gasteiger partial charge in [-0.05, 0) is 12.0 Å². The maximum atomic E-state index is 12.6. The van der Waals surface area contributed by atoms with Crippen LogP contribution in [0.25, 0.3) is 0 Å². The summed E-state index contributed by atoms with van der Waals surface area (Å²) in [5.41, 5.74) is 0.709. The maximum Gasteiger partial charge on any atom is 0.408 e. The highest BCUT2D eigenvalue weighted by Crippen LogP contribution is 2.29. The summed E-state index contributed by atoms with van der Waals surface area (Å²) in [6.45, 7) is 0.863. The second-order valence-electron chi connectivity index (χ2n) is 4.96. The molecule has 0 radical (unpaired) electrons. The van der Waals surface area contributed by atoms with E-state index >= 15 is 0 Å². The number of alkyl halides is 3. The first-order chi connectivity index (χ1) is 10.7. The summed E-state index contributed by atoms with van der Waals surface area (Å²) in [7, 11) is 1.03. The number of rotatable bonds is 6. The molecule has 5 nitrogen and oxygen atoms in total. The van der Waals surface area contributed by atoms with Crippen molar-refractivity contribution < 1.29 is 32.2 Å². The third kappa shape index (κ3) is 6.58. The van der Waals surface area contributed by atoms with E-state index < -0.39 is 36.6 Å². The molecule has 0 bridgehead atoms. The van der Waals surface area contributed by atoms with Gasteiger partial charge in [0.1, 0.15) is 12.6 Å². The highest BCUT2D eigenvalue weighted by atomic mass is 19.4. The molecule has 0 aromatic heterocycles. The van der Waals surface area contributed by atoms with E-state index in [-0.39, 0.29) is 6.61 Å². The fraction of sp³-hybridized carbons (Fsp3) is 0.467. The third-order valence-electron chi connectivity index (χ3n) is 3.14. The first-order valence-corrected chi connectivity index (χ1v) is 6.85. The molecule has 1 aromatic carbocycles. The van der Waals surface area contributed by atoms with Crippen molar-refractivity contribution in [2.45, 2.75) is 32.2 Å². The fourth-order valence-electron chi connectivity index (χ4n) is 1.75. The van der Waals surface area contributed by atoms with Crippen LogP contribution in [0.2, 0.25) is 0 Å². The van der Waals surface area contributed by atoms with E-state index in [1.54, 1.807) is 30.3 Å². The Morgan fingerprint density at radius 1 is 1.22 bits per heavy atom. The lowest BCUT2D eigenvalue weighted by atomic mass is 10.0. The molecule has 0 spiro atoms. The molecule has 1 amide bonds. The number of carbonyl (C=O) groups is 2. The van der Waals surface area contributed by atoms with Crippen molar-refractivity contribution in [1.29, 1.82) is 0 Å². The number of carbonyl (C=O) groups excluding carboxylic acids is 2. The first-order valence-electron chi connectivity index (χ1n) is 6.85. The van der Waals surface area contributed by atoms with Crippen LogP contribution < -0.4 is 5.32 Å². The number of hydrogen-bond donors (Lipinski definition) is 1. The number of benzene rings is 1. The van der Waals surface area contributed by atoms with Crippen molar-refractivity contribution in [3.63, 3.8) is 0 Å². The molecule has 23 heavy (non-hydrogen) atoms. The highest BCUT2D eigenvalue weighted by molar-refractivity contribution is 5.81. The zero-order valence-corrected chi connectivity index (χ0v) is 12.7. The molecule has 2 atom stereocenters. The van der Waals surface area contributed by atoms with Crippen molar-refractivity contribution in [3.8, 4) is 0 Å². The Kier molecular flexibility index (Phi) is 6.87. The van der Waals surface area contributed by atoms with Crippen LogP contribution in [0.3, 0.4) is 0 Å². The lowest BCUT2D eigenvalue weighted by molar-refractivity contribution is -0.174. The van der Waals surface area contributed by atoms with Gasteiger partial charge in [0.15, 0.2) is 0 Å². The van der Waals surface area contributed by atoms with Gasteiger partial charge >= 0.3 is 18.2 Å². The molecule has 0 saturated carbocycles. The van der Waals surface area contributed by atoms with Crippen molar-refractivity contribution >= 4 is 12.1 Å². The van der Waals surface area contributed by atoms with Crippen LogP contribution in [0.1, 0.15) is 18.9 Å². The van der Waals surface area contributed by atoms with Crippen LogP contribution in [0.15, 0.2) is 30.3 Å². The molecular formula is C15H18F3NO4. The average molecular weight is 333 g/mol. The maximum absolute atomic E-state index is 12.6. The summed E-state index contributed by atoms with van der Waals surface area (Å²) >= 11 is 0. The van der Waals surface area contributed by atoms with E-state index in [9.17, 15) is 22.8 Å². The van der Waals surface area contributed by atoms with Crippen LogP contribution in [-0.4, -0.2) is 31.4 Å². The van der Waals surface area contributed by atoms with Crippen LogP contribution in [0.5, 0.6) is 0 Å². The Balaban J connectivity index is 2.59. The van der Waals surface area contributed by atoms with Gasteiger partial charge in [-0.2, -0.15) is 13.2 Å². The molecule has 0 aliphatic rings. The summed E-state index contributed by atoms with van der Waals surface area (Å²) in [4.78, 5) is 23.2. The number of nitrogens with one attached hydrogen (secondary N) is 1. The van der Waals surface area contributed by atoms with E-state index in [1.807, 2.05) is 0 Å². The molecule has 1 aromatic rings. The minimum atomic E-state index is -4.47. The molecule has 1 N–H and O–H groups in total. The minimum Gasteiger partial charge on any atom is -0.467 e. The largest absolute Gasteiger partial charge is 0.467 e. The van der Waals surface area contributed by atoms with Crippen molar-refractivity contribution in [2.24, 2.45) is 5.92 Å². The van der Waals surface area contributed by atoms with Crippen molar-refractivity contribution in [3.05, 3.63) is 35.9 Å². The molecule has 128 valence electrons. The Labute approximate surface area is 131 Å². The third-order valence-corrected chi connectivity index (χ3v) is 3.14. The summed E-state index contributed by atoms with van der Waals surface area (Å²) in [5.74, 6) is -2.74. The van der Waals surface area contributed by atoms with E-state index in [1.165, 1.54) is 0 Å². The second kappa shape index (κ2) is 8.40. The second-order valence-corrected chi connectivity index (χ2v) is 4.96. The molecule has 1 rings (SSSR count). The number of alkyl carbamates (subject to hydrolysis) is 1. The zero-order chi connectivity index (χ0) is 17.5. The molecule has 0 aliphatic carbocycles. The summed E-state index contributed by atoms with van der Waals surface area (Å²) in [6, 6.07) is 7.29. The SMILES string of the molecule is COC(=O)[C@H](C[C@@H](C)C(F)(F)F)NC(=O)OCc1ccccc1. The van der Waals surface area contributed by atoms with Crippen LogP contribution in [0, 0.1) is 5.92 Å². The van der Waals surface area contributed by atoms with Crippen LogP contribution in [0.4, 0.5) is 18.0 Å². The Bertz CT molecular complexity index is 519. The number of methoxy groups -OCH3 is 1. The van der Waals surface area contributed by atoms with Gasteiger partial charge in [-0.3, -0.25) is 0 Å². The number of hydrogen-bond acceptors (Lipinski definition) is 4. The van der Waals surface area contributed by atoms with E-state index in [0.717, 1.165) is 14.0 Å². The summed E-state index contributed by atoms with van der Waals surface area (Å²) in [6.07, 6.45) is -6.09. The predicted octanol–water partition coefficient (Wildman–Crippen LogP) is 3.04. The fourth-order valence-corrected chi connectivity index (χ4v) is 1.75. The summed E-state index contributed by atoms with van der Waals surface area (Å²) < 4.78 is 47.1. The normalized spacial score (nSPS) is 13.8. The van der Waals surface area contributed by atoms with E-state index in [0.29, 0.717) is 5.56 Å². The molecule has 0 heterocycles. The topological polar surface area (TPSA) is 64.6 Å². The number of amides is 1. The van der Waals surface area contributed by atoms with Gasteiger partial charge < -0.3 is 14.8 Å². The molecule has 0 unspecified atom stereocenters. The molecule has 0 aliphatic heterocycles. The van der Waals surface area contributed by atoms with E-state index in [4.69, 9.17) is 4.74 Å². The van der Waals surface area contributed by atoms with Gasteiger partial charge in [0.25, 0.3) is 0 Å². The standard InChI is InChI=1S/C15H18F3NO4/c1-10(15(16,17)18)8-12(13(20)22-2)19-14(21)23-9-11-6-4-3-5-7-11/h3-7,10,12H,8-9H2,1-2H3,(H,19,21)/t10-,12+/m1/s1. The van der Waals surface area contributed by atoms with Gasteiger partial charge in [0.05, 0.1) is 13.0 Å². The Hall–Kier alpha value is -2.25. The number of esters is 1. The number of halogens is 3.